The van der Waals surface area contributed by atoms with Gasteiger partial charge in [0.2, 0.25) is 0 Å². The molecule has 0 heterocycles. The number of hydrogen-bond acceptors (Lipinski definition) is 2. The van der Waals surface area contributed by atoms with Gasteiger partial charge < -0.3 is 0 Å². The van der Waals surface area contributed by atoms with Crippen molar-refractivity contribution in [2.75, 3.05) is 6.54 Å². The van der Waals surface area contributed by atoms with E-state index >= 15 is 0 Å². The lowest BCUT2D eigenvalue weighted by atomic mass is 10.1. The monoisotopic (exact) mass is 236 g/mol. The van der Waals surface area contributed by atoms with Crippen molar-refractivity contribution in [3.05, 3.63) is 35.4 Å². The Kier molecular flexibility index (Phi) is 11.0. The summed E-state index contributed by atoms with van der Waals surface area (Å²) in [4.78, 5) is 0. The molecule has 0 unspecified atom stereocenters. The van der Waals surface area contributed by atoms with Crippen molar-refractivity contribution < 1.29 is 0 Å². The largest absolute Gasteiger partial charge is 0.271 e. The SMILES string of the molecule is CCCCCCNN.CCc1cccc(C)c1. The van der Waals surface area contributed by atoms with Gasteiger partial charge in [-0.3, -0.25) is 11.3 Å². The van der Waals surface area contributed by atoms with Crippen LogP contribution in [0.3, 0.4) is 0 Å². The summed E-state index contributed by atoms with van der Waals surface area (Å²) in [5.74, 6) is 5.06. The van der Waals surface area contributed by atoms with Crippen LogP contribution >= 0.6 is 0 Å². The van der Waals surface area contributed by atoms with Crippen molar-refractivity contribution >= 4 is 0 Å². The average molecular weight is 236 g/mol. The molecule has 1 aromatic carbocycles. The Morgan fingerprint density at radius 3 is 2.35 bits per heavy atom. The predicted molar refractivity (Wildman–Crippen MR) is 76.9 cm³/mol. The molecule has 0 aliphatic rings. The zero-order valence-electron chi connectivity index (χ0n) is 11.6. The standard InChI is InChI=1S/C9H12.C6H16N2/c1-3-9-6-4-5-8(2)7-9;1-2-3-4-5-6-8-7/h4-7H,3H2,1-2H3;8H,2-7H2,1H3. The van der Waals surface area contributed by atoms with Gasteiger partial charge in [-0.15, -0.1) is 0 Å². The van der Waals surface area contributed by atoms with Gasteiger partial charge in [-0.2, -0.15) is 0 Å². The van der Waals surface area contributed by atoms with Crippen LogP contribution < -0.4 is 11.3 Å². The van der Waals surface area contributed by atoms with Crippen LogP contribution in [-0.4, -0.2) is 6.54 Å². The second-order valence-electron chi connectivity index (χ2n) is 4.36. The highest BCUT2D eigenvalue weighted by atomic mass is 15.2. The molecule has 0 amide bonds. The quantitative estimate of drug-likeness (QED) is 0.450. The van der Waals surface area contributed by atoms with Crippen LogP contribution in [0.15, 0.2) is 24.3 Å². The van der Waals surface area contributed by atoms with Crippen LogP contribution in [0.4, 0.5) is 0 Å². The molecular formula is C15H28N2. The molecule has 1 aromatic rings. The van der Waals surface area contributed by atoms with E-state index in [0.29, 0.717) is 0 Å². The number of nitrogens with one attached hydrogen (secondary N) is 1. The Bertz CT molecular complexity index is 265. The van der Waals surface area contributed by atoms with Crippen molar-refractivity contribution in [2.45, 2.75) is 52.9 Å². The van der Waals surface area contributed by atoms with Crippen molar-refractivity contribution in [1.29, 1.82) is 0 Å². The lowest BCUT2D eigenvalue weighted by Gasteiger charge is -1.95. The Balaban J connectivity index is 0.000000304. The fraction of sp³-hybridized carbons (Fsp3) is 0.600. The molecule has 0 spiro atoms. The second-order valence-corrected chi connectivity index (χ2v) is 4.36. The van der Waals surface area contributed by atoms with Crippen LogP contribution in [0.1, 0.15) is 50.7 Å². The van der Waals surface area contributed by atoms with Gasteiger partial charge in [-0.05, 0) is 25.3 Å². The van der Waals surface area contributed by atoms with Gasteiger partial charge in [0, 0.05) is 6.54 Å². The van der Waals surface area contributed by atoms with Crippen molar-refractivity contribution in [3.8, 4) is 0 Å². The first-order valence-electron chi connectivity index (χ1n) is 6.73. The molecule has 0 saturated heterocycles. The number of hydrogen-bond donors (Lipinski definition) is 2. The minimum absolute atomic E-state index is 0.958. The van der Waals surface area contributed by atoms with E-state index < -0.39 is 0 Å². The highest BCUT2D eigenvalue weighted by Gasteiger charge is 1.86. The number of benzene rings is 1. The summed E-state index contributed by atoms with van der Waals surface area (Å²) in [5.41, 5.74) is 5.41. The van der Waals surface area contributed by atoms with Crippen molar-refractivity contribution in [3.63, 3.8) is 0 Å². The van der Waals surface area contributed by atoms with E-state index in [4.69, 9.17) is 5.84 Å². The Labute approximate surface area is 107 Å². The summed E-state index contributed by atoms with van der Waals surface area (Å²) in [7, 11) is 0. The van der Waals surface area contributed by atoms with E-state index in [1.165, 1.54) is 36.8 Å². The maximum atomic E-state index is 5.06. The molecule has 0 bridgehead atoms. The highest BCUT2D eigenvalue weighted by Crippen LogP contribution is 2.03. The molecule has 0 fully saturated rings. The Hall–Kier alpha value is -0.860. The zero-order chi connectivity index (χ0) is 12.9. The summed E-state index contributed by atoms with van der Waals surface area (Å²) < 4.78 is 0. The van der Waals surface area contributed by atoms with E-state index in [0.717, 1.165) is 13.0 Å². The van der Waals surface area contributed by atoms with Crippen LogP contribution in [-0.2, 0) is 6.42 Å². The van der Waals surface area contributed by atoms with Gasteiger partial charge in [0.25, 0.3) is 0 Å². The van der Waals surface area contributed by atoms with Crippen molar-refractivity contribution in [2.24, 2.45) is 5.84 Å². The van der Waals surface area contributed by atoms with Gasteiger partial charge in [0.05, 0.1) is 0 Å². The lowest BCUT2D eigenvalue weighted by Crippen LogP contribution is -2.22. The summed E-state index contributed by atoms with van der Waals surface area (Å²) in [6.45, 7) is 7.46. The van der Waals surface area contributed by atoms with E-state index in [1.807, 2.05) is 0 Å². The molecule has 0 saturated carbocycles. The van der Waals surface area contributed by atoms with Gasteiger partial charge >= 0.3 is 0 Å². The highest BCUT2D eigenvalue weighted by molar-refractivity contribution is 5.21. The number of aryl methyl sites for hydroxylation is 2. The van der Waals surface area contributed by atoms with Crippen LogP contribution in [0.25, 0.3) is 0 Å². The predicted octanol–water partition coefficient (Wildman–Crippen LogP) is 3.59. The van der Waals surface area contributed by atoms with Gasteiger partial charge in [0.15, 0.2) is 0 Å². The third-order valence-electron chi connectivity index (χ3n) is 2.67. The molecule has 2 nitrogen and oxygen atoms in total. The number of unbranched alkanes of at least 4 members (excludes halogenated alkanes) is 3. The first kappa shape index (κ1) is 16.1. The van der Waals surface area contributed by atoms with Crippen LogP contribution in [0.2, 0.25) is 0 Å². The Morgan fingerprint density at radius 2 is 1.88 bits per heavy atom. The third-order valence-corrected chi connectivity index (χ3v) is 2.67. The molecule has 0 radical (unpaired) electrons. The molecule has 0 aliphatic heterocycles. The lowest BCUT2D eigenvalue weighted by molar-refractivity contribution is 0.613. The molecule has 98 valence electrons. The smallest absolute Gasteiger partial charge is 0.00974 e. The normalized spacial score (nSPS) is 9.65. The Morgan fingerprint density at radius 1 is 1.12 bits per heavy atom. The molecule has 2 heteroatoms. The molecule has 17 heavy (non-hydrogen) atoms. The molecular weight excluding hydrogens is 208 g/mol. The third kappa shape index (κ3) is 10.0. The number of nitrogens with two attached hydrogens (primary N) is 1. The summed E-state index contributed by atoms with van der Waals surface area (Å²) in [5, 5.41) is 0. The van der Waals surface area contributed by atoms with Crippen LogP contribution in [0.5, 0.6) is 0 Å². The molecule has 1 rings (SSSR count). The fourth-order valence-corrected chi connectivity index (χ4v) is 1.59. The van der Waals surface area contributed by atoms with E-state index in [1.54, 1.807) is 0 Å². The summed E-state index contributed by atoms with van der Waals surface area (Å²) >= 11 is 0. The maximum Gasteiger partial charge on any atom is 0.00974 e. The molecule has 0 aliphatic carbocycles. The first-order valence-corrected chi connectivity index (χ1v) is 6.73. The first-order chi connectivity index (χ1) is 8.24. The molecule has 0 atom stereocenters. The van der Waals surface area contributed by atoms with E-state index in [2.05, 4.69) is 50.5 Å². The second kappa shape index (κ2) is 11.6. The van der Waals surface area contributed by atoms with Crippen LogP contribution in [0, 0.1) is 6.92 Å². The summed E-state index contributed by atoms with van der Waals surface area (Å²) in [6.07, 6.45) is 6.29. The maximum absolute atomic E-state index is 5.06. The number of rotatable bonds is 6. The van der Waals surface area contributed by atoms with E-state index in [-0.39, 0.29) is 0 Å². The minimum Gasteiger partial charge on any atom is -0.271 e. The van der Waals surface area contributed by atoms with E-state index in [9.17, 15) is 0 Å². The van der Waals surface area contributed by atoms with Crippen molar-refractivity contribution in [1.82, 2.24) is 5.43 Å². The summed E-state index contributed by atoms with van der Waals surface area (Å²) in [6, 6.07) is 8.61. The van der Waals surface area contributed by atoms with Gasteiger partial charge in [0.1, 0.15) is 0 Å². The molecule has 3 N–H and O–H groups in total. The zero-order valence-corrected chi connectivity index (χ0v) is 11.6. The topological polar surface area (TPSA) is 38.0 Å². The molecule has 0 aromatic heterocycles. The fourth-order valence-electron chi connectivity index (χ4n) is 1.59. The average Bonchev–Trinajstić information content (AvgIpc) is 2.35. The minimum atomic E-state index is 0.958. The van der Waals surface area contributed by atoms with Gasteiger partial charge in [-0.1, -0.05) is 62.9 Å². The number of hydrazine groups is 1. The van der Waals surface area contributed by atoms with Gasteiger partial charge in [-0.25, -0.2) is 0 Å².